The van der Waals surface area contributed by atoms with Crippen molar-refractivity contribution in [1.82, 2.24) is 15.1 Å². The molecule has 1 unspecified atom stereocenters. The van der Waals surface area contributed by atoms with E-state index in [0.29, 0.717) is 44.9 Å². The van der Waals surface area contributed by atoms with Crippen LogP contribution in [-0.2, 0) is 23.9 Å². The maximum Gasteiger partial charge on any atom is 0.305 e. The number of rotatable bonds is 50. The smallest absolute Gasteiger partial charge is 0.305 e. The molecule has 2 N–H and O–H groups in total. The fourth-order valence-electron chi connectivity index (χ4n) is 9.86. The summed E-state index contributed by atoms with van der Waals surface area (Å²) in [5, 5.41) is 13.2. The molecule has 0 aromatic heterocycles. The van der Waals surface area contributed by atoms with E-state index in [0.717, 1.165) is 116 Å². The van der Waals surface area contributed by atoms with E-state index in [-0.39, 0.29) is 30.4 Å². The molecule has 0 spiro atoms. The van der Waals surface area contributed by atoms with Gasteiger partial charge in [-0.2, -0.15) is 0 Å². The number of aliphatic hydroxyl groups excluding tert-OH is 1. The minimum atomic E-state index is -0.121. The first-order chi connectivity index (χ1) is 32.3. The van der Waals surface area contributed by atoms with Crippen LogP contribution in [-0.4, -0.2) is 98.4 Å². The molecule has 9 heteroatoms. The van der Waals surface area contributed by atoms with Crippen molar-refractivity contribution < 1.29 is 29.0 Å². The third-order valence-corrected chi connectivity index (χ3v) is 14.3. The molecule has 0 heterocycles. The van der Waals surface area contributed by atoms with Gasteiger partial charge in [-0.3, -0.25) is 14.4 Å². The molecule has 1 aliphatic carbocycles. The molecule has 1 aliphatic rings. The summed E-state index contributed by atoms with van der Waals surface area (Å²) in [4.78, 5) is 43.1. The summed E-state index contributed by atoms with van der Waals surface area (Å²) in [6.07, 6.45) is 42.0. The molecule has 1 saturated carbocycles. The number of carbonyl (C=O) groups is 3. The first-order valence-corrected chi connectivity index (χ1v) is 29.0. The Kier molecular flexibility index (Phi) is 44.4. The van der Waals surface area contributed by atoms with Gasteiger partial charge in [0.2, 0.25) is 5.91 Å². The van der Waals surface area contributed by atoms with Crippen molar-refractivity contribution >= 4 is 17.8 Å². The molecular weight excluding hydrogens is 823 g/mol. The Balaban J connectivity index is 2.52. The molecule has 1 amide bonds. The van der Waals surface area contributed by atoms with Gasteiger partial charge in [0.05, 0.1) is 19.8 Å². The summed E-state index contributed by atoms with van der Waals surface area (Å²) in [5.41, 5.74) is 0. The highest BCUT2D eigenvalue weighted by molar-refractivity contribution is 5.75. The molecule has 0 aliphatic heterocycles. The van der Waals surface area contributed by atoms with E-state index in [1.807, 2.05) is 0 Å². The van der Waals surface area contributed by atoms with E-state index in [9.17, 15) is 19.5 Å². The Hall–Kier alpha value is -1.71. The van der Waals surface area contributed by atoms with Crippen molar-refractivity contribution in [3.63, 3.8) is 0 Å². The van der Waals surface area contributed by atoms with E-state index < -0.39 is 0 Å². The molecule has 0 aromatic rings. The molecule has 1 fully saturated rings. The summed E-state index contributed by atoms with van der Waals surface area (Å²) < 4.78 is 11.5. The van der Waals surface area contributed by atoms with E-state index in [4.69, 9.17) is 9.47 Å². The van der Waals surface area contributed by atoms with Crippen molar-refractivity contribution in [3.05, 3.63) is 0 Å². The van der Waals surface area contributed by atoms with Crippen LogP contribution in [0.5, 0.6) is 0 Å². The van der Waals surface area contributed by atoms with Gasteiger partial charge in [-0.05, 0) is 115 Å². The molecule has 0 bridgehead atoms. The Bertz CT molecular complexity index is 1060. The molecule has 0 saturated heterocycles. The number of unbranched alkanes of at least 4 members (excludes halogenated alkanes) is 20. The molecule has 0 radical (unpaired) electrons. The maximum atomic E-state index is 12.8. The van der Waals surface area contributed by atoms with Crippen molar-refractivity contribution in [2.24, 2.45) is 17.8 Å². The van der Waals surface area contributed by atoms with Gasteiger partial charge in [0.1, 0.15) is 0 Å². The first-order valence-electron chi connectivity index (χ1n) is 29.0. The third-order valence-electron chi connectivity index (χ3n) is 14.3. The number of carbonyl (C=O) groups excluding carboxylic acids is 3. The van der Waals surface area contributed by atoms with Crippen molar-refractivity contribution in [3.8, 4) is 0 Å². The van der Waals surface area contributed by atoms with Gasteiger partial charge in [-0.1, -0.05) is 169 Å². The van der Waals surface area contributed by atoms with E-state index >= 15 is 0 Å². The number of esters is 2. The van der Waals surface area contributed by atoms with Crippen LogP contribution in [0.3, 0.4) is 0 Å². The number of amides is 1. The Morgan fingerprint density at radius 1 is 0.485 bits per heavy atom. The van der Waals surface area contributed by atoms with Crippen molar-refractivity contribution in [2.45, 2.75) is 265 Å². The van der Waals surface area contributed by atoms with Gasteiger partial charge in [0.15, 0.2) is 0 Å². The lowest BCUT2D eigenvalue weighted by molar-refractivity contribution is -0.149. The van der Waals surface area contributed by atoms with E-state index in [1.54, 1.807) is 0 Å². The van der Waals surface area contributed by atoms with Gasteiger partial charge in [-0.15, -0.1) is 0 Å². The van der Waals surface area contributed by atoms with Gasteiger partial charge < -0.3 is 29.7 Å². The zero-order valence-corrected chi connectivity index (χ0v) is 44.3. The Morgan fingerprint density at radius 2 is 0.879 bits per heavy atom. The molecule has 0 aromatic carbocycles. The van der Waals surface area contributed by atoms with Gasteiger partial charge in [-0.25, -0.2) is 0 Å². The minimum absolute atomic E-state index is 0.0400. The van der Waals surface area contributed by atoms with Crippen molar-refractivity contribution in [2.75, 3.05) is 65.6 Å². The quantitative estimate of drug-likeness (QED) is 0.0459. The minimum Gasteiger partial charge on any atom is -0.465 e. The molecule has 9 nitrogen and oxygen atoms in total. The highest BCUT2D eigenvalue weighted by atomic mass is 16.5. The van der Waals surface area contributed by atoms with Gasteiger partial charge in [0, 0.05) is 44.8 Å². The summed E-state index contributed by atoms with van der Waals surface area (Å²) in [5.74, 6) is 1.44. The predicted molar refractivity (Wildman–Crippen MR) is 279 cm³/mol. The van der Waals surface area contributed by atoms with Crippen LogP contribution in [0.4, 0.5) is 0 Å². The lowest BCUT2D eigenvalue weighted by Crippen LogP contribution is -2.32. The van der Waals surface area contributed by atoms with Crippen LogP contribution in [0.1, 0.15) is 265 Å². The van der Waals surface area contributed by atoms with Crippen LogP contribution in [0.2, 0.25) is 0 Å². The summed E-state index contributed by atoms with van der Waals surface area (Å²) in [6.45, 7) is 16.7. The Morgan fingerprint density at radius 3 is 1.41 bits per heavy atom. The number of hydrogen-bond donors (Lipinski definition) is 2. The summed E-state index contributed by atoms with van der Waals surface area (Å²) >= 11 is 0. The first kappa shape index (κ1) is 62.3. The SMILES string of the molecule is CCCCCCCCC(CCCCCC)CNC(=O)CCCCCN(CCO)CCCCN(CCCCC(COC(=O)CCCCCCC)COC(=O)CCCCCCC)CC1CCCC1. The average molecular weight is 935 g/mol. The zero-order chi connectivity index (χ0) is 48.0. The van der Waals surface area contributed by atoms with Gasteiger partial charge >= 0.3 is 11.9 Å². The van der Waals surface area contributed by atoms with Crippen LogP contribution in [0, 0.1) is 17.8 Å². The Labute approximate surface area is 409 Å². The van der Waals surface area contributed by atoms with Crippen LogP contribution in [0.15, 0.2) is 0 Å². The largest absolute Gasteiger partial charge is 0.465 e. The maximum absolute atomic E-state index is 12.8. The fraction of sp³-hybridized carbons (Fsp3) is 0.947. The monoisotopic (exact) mass is 934 g/mol. The van der Waals surface area contributed by atoms with Crippen LogP contribution in [0.25, 0.3) is 0 Å². The molecule has 1 atom stereocenters. The standard InChI is InChI=1S/C57H111N3O6/c1-5-9-13-17-20-23-35-52(34-22-16-12-8-4)48-58-55(62)39-24-21-30-42-59(46-47-61)43-32-33-45-60(49-53-36-27-28-37-53)44-31-29-38-54(50-65-56(63)40-25-18-14-10-6-2)51-66-57(64)41-26-19-15-11-7-3/h52-54,61H,5-51H2,1-4H3,(H,58,62). The van der Waals surface area contributed by atoms with Crippen LogP contribution < -0.4 is 5.32 Å². The average Bonchev–Trinajstić information content (AvgIpc) is 3.83. The second-order valence-corrected chi connectivity index (χ2v) is 20.7. The van der Waals surface area contributed by atoms with E-state index in [1.165, 1.54) is 148 Å². The van der Waals surface area contributed by atoms with Gasteiger partial charge in [0.25, 0.3) is 0 Å². The molecule has 1 rings (SSSR count). The third kappa shape index (κ3) is 39.2. The molecule has 390 valence electrons. The lowest BCUT2D eigenvalue weighted by Gasteiger charge is -2.27. The second kappa shape index (κ2) is 47.0. The molecule has 66 heavy (non-hydrogen) atoms. The number of aliphatic hydroxyl groups is 1. The van der Waals surface area contributed by atoms with E-state index in [2.05, 4.69) is 42.8 Å². The normalized spacial score (nSPS) is 13.6. The number of ether oxygens (including phenoxy) is 2. The predicted octanol–water partition coefficient (Wildman–Crippen LogP) is 14.2. The number of hydrogen-bond acceptors (Lipinski definition) is 8. The topological polar surface area (TPSA) is 108 Å². The lowest BCUT2D eigenvalue weighted by atomic mass is 9.94. The fourth-order valence-corrected chi connectivity index (χ4v) is 9.86. The summed E-state index contributed by atoms with van der Waals surface area (Å²) in [6, 6.07) is 0. The highest BCUT2D eigenvalue weighted by Crippen LogP contribution is 2.26. The zero-order valence-electron chi connectivity index (χ0n) is 44.3. The molecular formula is C57H111N3O6. The second-order valence-electron chi connectivity index (χ2n) is 20.7. The van der Waals surface area contributed by atoms with Crippen molar-refractivity contribution in [1.29, 1.82) is 0 Å². The number of nitrogens with zero attached hydrogens (tertiary/aromatic N) is 2. The highest BCUT2D eigenvalue weighted by Gasteiger charge is 2.20. The summed E-state index contributed by atoms with van der Waals surface area (Å²) in [7, 11) is 0. The number of nitrogens with one attached hydrogen (secondary N) is 1. The van der Waals surface area contributed by atoms with Crippen LogP contribution >= 0.6 is 0 Å².